The third-order valence-corrected chi connectivity index (χ3v) is 3.58. The van der Waals surface area contributed by atoms with Gasteiger partial charge in [0.25, 0.3) is 5.56 Å². The Morgan fingerprint density at radius 2 is 2.14 bits per heavy atom. The minimum atomic E-state index is -0.443. The van der Waals surface area contributed by atoms with Crippen LogP contribution in [0, 0.1) is 10.6 Å². The predicted octanol–water partition coefficient (Wildman–Crippen LogP) is 2.84. The molecule has 1 aromatic carbocycles. The van der Waals surface area contributed by atoms with Crippen molar-refractivity contribution in [2.75, 3.05) is 0 Å². The number of H-pyrrole nitrogens is 1. The summed E-state index contributed by atoms with van der Waals surface area (Å²) in [6.45, 7) is 0.400. The van der Waals surface area contributed by atoms with Crippen molar-refractivity contribution in [3.8, 4) is 0 Å². The lowest BCUT2D eigenvalue weighted by Crippen LogP contribution is -2.23. The van der Waals surface area contributed by atoms with Gasteiger partial charge in [0, 0.05) is 24.9 Å². The molecule has 0 bridgehead atoms. The third kappa shape index (κ3) is 2.75. The molecule has 0 amide bonds. The molecule has 0 unspecified atom stereocenters. The van der Waals surface area contributed by atoms with E-state index < -0.39 is 5.82 Å². The fourth-order valence-electron chi connectivity index (χ4n) is 2.20. The lowest BCUT2D eigenvalue weighted by atomic mass is 10.2. The highest BCUT2D eigenvalue weighted by Crippen LogP contribution is 2.09. The van der Waals surface area contributed by atoms with Crippen LogP contribution in [-0.2, 0) is 13.0 Å². The van der Waals surface area contributed by atoms with E-state index in [4.69, 9.17) is 12.2 Å². The number of benzene rings is 1. The average molecular weight is 301 g/mol. The second-order valence-corrected chi connectivity index (χ2v) is 5.03. The molecule has 3 aromatic rings. The van der Waals surface area contributed by atoms with Crippen molar-refractivity contribution < 1.29 is 4.39 Å². The zero-order valence-corrected chi connectivity index (χ0v) is 11.9. The number of nitrogens with one attached hydrogen (secondary N) is 1. The SMILES string of the molecule is O=c1c2cc(F)ccc2[nH]c(=S)n1CCc1ccccn1. The van der Waals surface area contributed by atoms with Crippen molar-refractivity contribution in [3.63, 3.8) is 0 Å². The number of hydrogen-bond acceptors (Lipinski definition) is 3. The molecular formula is C15H12FN3OS. The molecule has 0 saturated carbocycles. The van der Waals surface area contributed by atoms with Crippen LogP contribution in [0.3, 0.4) is 0 Å². The number of fused-ring (bicyclic) bond motifs is 1. The highest BCUT2D eigenvalue weighted by atomic mass is 32.1. The van der Waals surface area contributed by atoms with E-state index in [1.165, 1.54) is 22.8 Å². The number of aromatic amines is 1. The fourth-order valence-corrected chi connectivity index (χ4v) is 2.48. The van der Waals surface area contributed by atoms with E-state index in [1.54, 1.807) is 6.20 Å². The summed E-state index contributed by atoms with van der Waals surface area (Å²) in [7, 11) is 0. The van der Waals surface area contributed by atoms with Gasteiger partial charge < -0.3 is 4.98 Å². The molecule has 0 saturated heterocycles. The number of aryl methyl sites for hydroxylation is 1. The summed E-state index contributed by atoms with van der Waals surface area (Å²) < 4.78 is 15.1. The maximum absolute atomic E-state index is 13.3. The molecule has 4 nitrogen and oxygen atoms in total. The van der Waals surface area contributed by atoms with Crippen molar-refractivity contribution in [1.82, 2.24) is 14.5 Å². The quantitative estimate of drug-likeness (QED) is 0.757. The van der Waals surface area contributed by atoms with Crippen molar-refractivity contribution in [2.24, 2.45) is 0 Å². The van der Waals surface area contributed by atoms with Crippen molar-refractivity contribution in [3.05, 3.63) is 69.2 Å². The first-order chi connectivity index (χ1) is 10.1. The molecule has 0 spiro atoms. The van der Waals surface area contributed by atoms with Crippen LogP contribution >= 0.6 is 12.2 Å². The molecule has 0 aliphatic carbocycles. The van der Waals surface area contributed by atoms with Crippen molar-refractivity contribution in [2.45, 2.75) is 13.0 Å². The molecule has 2 aromatic heterocycles. The Labute approximate surface area is 124 Å². The summed E-state index contributed by atoms with van der Waals surface area (Å²) in [6.07, 6.45) is 2.29. The summed E-state index contributed by atoms with van der Waals surface area (Å²) in [6, 6.07) is 9.65. The van der Waals surface area contributed by atoms with Gasteiger partial charge in [0.2, 0.25) is 0 Å². The summed E-state index contributed by atoms with van der Waals surface area (Å²) in [5, 5.41) is 0.296. The molecule has 3 rings (SSSR count). The second-order valence-electron chi connectivity index (χ2n) is 4.65. The first-order valence-electron chi connectivity index (χ1n) is 6.47. The third-order valence-electron chi connectivity index (χ3n) is 3.26. The highest BCUT2D eigenvalue weighted by Gasteiger charge is 2.07. The number of nitrogens with zero attached hydrogens (tertiary/aromatic N) is 2. The molecule has 6 heteroatoms. The number of aromatic nitrogens is 3. The Bertz CT molecular complexity index is 902. The van der Waals surface area contributed by atoms with Gasteiger partial charge in [0.05, 0.1) is 10.9 Å². The fraction of sp³-hybridized carbons (Fsp3) is 0.133. The Hall–Kier alpha value is -2.34. The van der Waals surface area contributed by atoms with Crippen LogP contribution < -0.4 is 5.56 Å². The van der Waals surface area contributed by atoms with Crippen LogP contribution in [-0.4, -0.2) is 14.5 Å². The van der Waals surface area contributed by atoms with Gasteiger partial charge in [0.1, 0.15) is 5.82 Å². The van der Waals surface area contributed by atoms with Gasteiger partial charge >= 0.3 is 0 Å². The normalized spacial score (nSPS) is 10.9. The Balaban J connectivity index is 2.02. The van der Waals surface area contributed by atoms with Gasteiger partial charge in [-0.3, -0.25) is 14.3 Å². The maximum Gasteiger partial charge on any atom is 0.262 e. The summed E-state index contributed by atoms with van der Waals surface area (Å²) >= 11 is 5.21. The van der Waals surface area contributed by atoms with E-state index in [-0.39, 0.29) is 5.56 Å². The van der Waals surface area contributed by atoms with E-state index in [1.807, 2.05) is 18.2 Å². The monoisotopic (exact) mass is 301 g/mol. The Kier molecular flexibility index (Phi) is 3.62. The number of hydrogen-bond donors (Lipinski definition) is 1. The van der Waals surface area contributed by atoms with Crippen LogP contribution in [0.4, 0.5) is 4.39 Å². The van der Waals surface area contributed by atoms with Crippen LogP contribution in [0.1, 0.15) is 5.69 Å². The van der Waals surface area contributed by atoms with E-state index in [0.717, 1.165) is 5.69 Å². The molecule has 21 heavy (non-hydrogen) atoms. The van der Waals surface area contributed by atoms with Crippen LogP contribution in [0.2, 0.25) is 0 Å². The Morgan fingerprint density at radius 1 is 1.29 bits per heavy atom. The molecule has 106 valence electrons. The van der Waals surface area contributed by atoms with Gasteiger partial charge in [-0.25, -0.2) is 4.39 Å². The van der Waals surface area contributed by atoms with Crippen LogP contribution in [0.5, 0.6) is 0 Å². The maximum atomic E-state index is 13.3. The standard InChI is InChI=1S/C15H12FN3OS/c16-10-4-5-13-12(9-10)14(20)19(15(21)18-13)8-6-11-3-1-2-7-17-11/h1-5,7,9H,6,8H2,(H,18,21). The van der Waals surface area contributed by atoms with Gasteiger partial charge in [-0.15, -0.1) is 0 Å². The molecule has 0 atom stereocenters. The second kappa shape index (κ2) is 5.57. The van der Waals surface area contributed by atoms with Crippen molar-refractivity contribution in [1.29, 1.82) is 0 Å². The Morgan fingerprint density at radius 3 is 2.90 bits per heavy atom. The number of pyridine rings is 1. The minimum Gasteiger partial charge on any atom is -0.332 e. The lowest BCUT2D eigenvalue weighted by Gasteiger charge is -2.08. The zero-order chi connectivity index (χ0) is 14.8. The van der Waals surface area contributed by atoms with E-state index in [2.05, 4.69) is 9.97 Å². The van der Waals surface area contributed by atoms with E-state index in [9.17, 15) is 9.18 Å². The average Bonchev–Trinajstić information content (AvgIpc) is 2.49. The van der Waals surface area contributed by atoms with E-state index in [0.29, 0.717) is 28.6 Å². The zero-order valence-electron chi connectivity index (χ0n) is 11.0. The molecular weight excluding hydrogens is 289 g/mol. The highest BCUT2D eigenvalue weighted by molar-refractivity contribution is 7.71. The van der Waals surface area contributed by atoms with Crippen LogP contribution in [0.15, 0.2) is 47.4 Å². The molecule has 0 aliphatic rings. The lowest BCUT2D eigenvalue weighted by molar-refractivity contribution is 0.625. The first kappa shape index (κ1) is 13.6. The molecule has 0 aliphatic heterocycles. The molecule has 0 radical (unpaired) electrons. The molecule has 2 heterocycles. The van der Waals surface area contributed by atoms with Gasteiger partial charge in [-0.2, -0.15) is 0 Å². The van der Waals surface area contributed by atoms with Gasteiger partial charge in [-0.1, -0.05) is 6.07 Å². The first-order valence-corrected chi connectivity index (χ1v) is 6.88. The van der Waals surface area contributed by atoms with Crippen LogP contribution in [0.25, 0.3) is 10.9 Å². The minimum absolute atomic E-state index is 0.288. The van der Waals surface area contributed by atoms with Gasteiger partial charge in [0.15, 0.2) is 4.77 Å². The smallest absolute Gasteiger partial charge is 0.262 e. The largest absolute Gasteiger partial charge is 0.332 e. The summed E-state index contributed by atoms with van der Waals surface area (Å²) in [5.41, 5.74) is 1.13. The van der Waals surface area contributed by atoms with Crippen molar-refractivity contribution >= 4 is 23.1 Å². The summed E-state index contributed by atoms with van der Waals surface area (Å²) in [5.74, 6) is -0.443. The summed E-state index contributed by atoms with van der Waals surface area (Å²) in [4.78, 5) is 19.6. The number of halogens is 1. The predicted molar refractivity (Wildman–Crippen MR) is 81.3 cm³/mol. The van der Waals surface area contributed by atoms with Gasteiger partial charge in [-0.05, 0) is 42.5 Å². The van der Waals surface area contributed by atoms with E-state index >= 15 is 0 Å². The topological polar surface area (TPSA) is 50.7 Å². The molecule has 1 N–H and O–H groups in total. The molecule has 0 fully saturated rings. The number of rotatable bonds is 3.